The van der Waals surface area contributed by atoms with Crippen LogP contribution in [0.5, 0.6) is 0 Å². The van der Waals surface area contributed by atoms with E-state index in [2.05, 4.69) is 11.7 Å². The number of carbonyl (C=O) groups excluding carboxylic acids is 2. The van der Waals surface area contributed by atoms with E-state index in [4.69, 9.17) is 0 Å². The number of rotatable bonds is 10. The molecule has 0 spiro atoms. The second kappa shape index (κ2) is 9.12. The Kier molecular flexibility index (Phi) is 7.85. The lowest BCUT2D eigenvalue weighted by Crippen LogP contribution is -2.42. The van der Waals surface area contributed by atoms with Crippen LogP contribution >= 0.6 is 0 Å². The highest BCUT2D eigenvalue weighted by Crippen LogP contribution is 2.20. The topological polar surface area (TPSA) is 104 Å². The monoisotopic (exact) mass is 302 g/mol. The van der Waals surface area contributed by atoms with Crippen LogP contribution in [-0.2, 0) is 14.3 Å². The third-order valence-electron chi connectivity index (χ3n) is 3.82. The highest BCUT2D eigenvalue weighted by Gasteiger charge is 2.47. The minimum Gasteiger partial charge on any atom is -0.454 e. The van der Waals surface area contributed by atoms with Crippen molar-refractivity contribution in [3.05, 3.63) is 0 Å². The quantitative estimate of drug-likeness (QED) is 0.405. The van der Waals surface area contributed by atoms with E-state index in [1.807, 2.05) is 0 Å². The molecule has 6 nitrogen and oxygen atoms in total. The number of unbranched alkanes of at least 4 members (excludes halogenated alkanes) is 6. The largest absolute Gasteiger partial charge is 0.454 e. The summed E-state index contributed by atoms with van der Waals surface area (Å²) >= 11 is 0. The molecule has 1 fully saturated rings. The summed E-state index contributed by atoms with van der Waals surface area (Å²) < 4.78 is 4.63. The Morgan fingerprint density at radius 2 is 1.71 bits per heavy atom. The molecule has 0 unspecified atom stereocenters. The Labute approximate surface area is 125 Å². The first-order chi connectivity index (χ1) is 9.99. The van der Waals surface area contributed by atoms with Crippen LogP contribution in [0.3, 0.4) is 0 Å². The normalized spacial score (nSPS) is 26.7. The van der Waals surface area contributed by atoms with Gasteiger partial charge in [0.05, 0.1) is 0 Å². The van der Waals surface area contributed by atoms with E-state index in [1.165, 1.54) is 19.3 Å². The molecule has 0 aromatic heterocycles. The van der Waals surface area contributed by atoms with Crippen molar-refractivity contribution in [3.63, 3.8) is 0 Å². The molecule has 6 heteroatoms. The molecule has 3 N–H and O–H groups in total. The van der Waals surface area contributed by atoms with E-state index in [0.29, 0.717) is 6.42 Å². The predicted molar refractivity (Wildman–Crippen MR) is 75.5 cm³/mol. The minimum absolute atomic E-state index is 0.186. The molecule has 1 aliphatic rings. The third kappa shape index (κ3) is 5.37. The number of aliphatic hydroxyl groups excluding tert-OH is 3. The molecule has 0 radical (unpaired) electrons. The van der Waals surface area contributed by atoms with E-state index in [0.717, 1.165) is 19.3 Å². The first-order valence-corrected chi connectivity index (χ1v) is 7.76. The molecular formula is C15H26O6. The van der Waals surface area contributed by atoms with Gasteiger partial charge in [0.1, 0.15) is 6.10 Å². The lowest BCUT2D eigenvalue weighted by molar-refractivity contribution is -0.153. The molecule has 1 heterocycles. The summed E-state index contributed by atoms with van der Waals surface area (Å²) in [6.07, 6.45) is 1.44. The van der Waals surface area contributed by atoms with Crippen LogP contribution in [0.4, 0.5) is 0 Å². The molecule has 122 valence electrons. The Morgan fingerprint density at radius 1 is 1.14 bits per heavy atom. The number of hydrogen-bond acceptors (Lipinski definition) is 6. The Bertz CT molecular complexity index is 343. The van der Waals surface area contributed by atoms with Gasteiger partial charge >= 0.3 is 5.97 Å². The van der Waals surface area contributed by atoms with Gasteiger partial charge in [-0.15, -0.1) is 0 Å². The first kappa shape index (κ1) is 18.1. The van der Waals surface area contributed by atoms with Crippen LogP contribution < -0.4 is 0 Å². The number of aliphatic hydroxyl groups is 3. The maximum atomic E-state index is 11.8. The van der Waals surface area contributed by atoms with Gasteiger partial charge < -0.3 is 20.1 Å². The third-order valence-corrected chi connectivity index (χ3v) is 3.82. The number of carbonyl (C=O) groups is 2. The van der Waals surface area contributed by atoms with Crippen molar-refractivity contribution in [2.75, 3.05) is 0 Å². The highest BCUT2D eigenvalue weighted by molar-refractivity contribution is 5.85. The minimum atomic E-state index is -1.68. The lowest BCUT2D eigenvalue weighted by atomic mass is 9.99. The number of cyclic esters (lactones) is 1. The second-order valence-electron chi connectivity index (χ2n) is 5.62. The SMILES string of the molecule is CCCCCCCCCC(=O)[C@H](O)[C@H]1OC(=O)[C@@H](O)[C@H]1O. The summed E-state index contributed by atoms with van der Waals surface area (Å²) in [5, 5.41) is 28.6. The highest BCUT2D eigenvalue weighted by atomic mass is 16.6. The van der Waals surface area contributed by atoms with Gasteiger partial charge in [0, 0.05) is 6.42 Å². The van der Waals surface area contributed by atoms with Gasteiger partial charge in [-0.2, -0.15) is 0 Å². The van der Waals surface area contributed by atoms with Crippen molar-refractivity contribution in [3.8, 4) is 0 Å². The Morgan fingerprint density at radius 3 is 2.24 bits per heavy atom. The summed E-state index contributed by atoms with van der Waals surface area (Å²) in [6.45, 7) is 2.15. The molecule has 1 aliphatic heterocycles. The van der Waals surface area contributed by atoms with Crippen LogP contribution in [0, 0.1) is 0 Å². The standard InChI is InChI=1S/C15H26O6/c1-2-3-4-5-6-7-8-9-10(16)11(17)14-12(18)13(19)15(20)21-14/h11-14,17-19H,2-9H2,1H3/t11-,12+,13-,14+/m0/s1. The zero-order chi connectivity index (χ0) is 15.8. The fourth-order valence-corrected chi connectivity index (χ4v) is 2.43. The average molecular weight is 302 g/mol. The summed E-state index contributed by atoms with van der Waals surface area (Å²) in [5.41, 5.74) is 0. The Hall–Kier alpha value is -0.980. The summed E-state index contributed by atoms with van der Waals surface area (Å²) in [4.78, 5) is 22.8. The Balaban J connectivity index is 2.21. The molecule has 0 amide bonds. The number of ketones is 1. The zero-order valence-corrected chi connectivity index (χ0v) is 12.5. The fourth-order valence-electron chi connectivity index (χ4n) is 2.43. The van der Waals surface area contributed by atoms with Crippen molar-refractivity contribution in [2.24, 2.45) is 0 Å². The van der Waals surface area contributed by atoms with Gasteiger partial charge in [0.15, 0.2) is 24.1 Å². The fraction of sp³-hybridized carbons (Fsp3) is 0.867. The number of ether oxygens (including phenoxy) is 1. The molecule has 4 atom stereocenters. The van der Waals surface area contributed by atoms with Crippen molar-refractivity contribution in [1.29, 1.82) is 0 Å². The van der Waals surface area contributed by atoms with Crippen molar-refractivity contribution in [1.82, 2.24) is 0 Å². The molecule has 1 rings (SSSR count). The molecule has 0 aliphatic carbocycles. The number of Topliss-reactive ketones (excluding diaryl/α,β-unsaturated/α-hetero) is 1. The maximum Gasteiger partial charge on any atom is 0.338 e. The smallest absolute Gasteiger partial charge is 0.338 e. The van der Waals surface area contributed by atoms with Gasteiger partial charge in [0.25, 0.3) is 0 Å². The summed E-state index contributed by atoms with van der Waals surface area (Å²) in [5.74, 6) is -1.47. The van der Waals surface area contributed by atoms with Crippen LogP contribution in [0.25, 0.3) is 0 Å². The van der Waals surface area contributed by atoms with Crippen LogP contribution in [0.1, 0.15) is 58.3 Å². The molecule has 1 saturated heterocycles. The van der Waals surface area contributed by atoms with E-state index < -0.39 is 36.2 Å². The summed E-state index contributed by atoms with van der Waals surface area (Å²) in [7, 11) is 0. The van der Waals surface area contributed by atoms with Crippen molar-refractivity contribution < 1.29 is 29.6 Å². The summed E-state index contributed by atoms with van der Waals surface area (Å²) in [6, 6.07) is 0. The molecule has 0 aromatic rings. The van der Waals surface area contributed by atoms with E-state index in [9.17, 15) is 24.9 Å². The second-order valence-corrected chi connectivity index (χ2v) is 5.62. The van der Waals surface area contributed by atoms with Crippen molar-refractivity contribution in [2.45, 2.75) is 82.7 Å². The zero-order valence-electron chi connectivity index (χ0n) is 12.5. The number of esters is 1. The van der Waals surface area contributed by atoms with Crippen LogP contribution in [0.15, 0.2) is 0 Å². The van der Waals surface area contributed by atoms with Crippen LogP contribution in [-0.4, -0.2) is 51.5 Å². The van der Waals surface area contributed by atoms with Gasteiger partial charge in [0.2, 0.25) is 0 Å². The van der Waals surface area contributed by atoms with E-state index in [1.54, 1.807) is 0 Å². The van der Waals surface area contributed by atoms with Gasteiger partial charge in [-0.3, -0.25) is 4.79 Å². The first-order valence-electron chi connectivity index (χ1n) is 7.76. The number of hydrogen-bond donors (Lipinski definition) is 3. The van der Waals surface area contributed by atoms with E-state index in [-0.39, 0.29) is 6.42 Å². The molecule has 0 saturated carbocycles. The molecule has 21 heavy (non-hydrogen) atoms. The molecule has 0 bridgehead atoms. The maximum absolute atomic E-state index is 11.8. The average Bonchev–Trinajstić information content (AvgIpc) is 2.73. The lowest BCUT2D eigenvalue weighted by Gasteiger charge is -2.18. The van der Waals surface area contributed by atoms with Crippen molar-refractivity contribution >= 4 is 11.8 Å². The molecule has 0 aromatic carbocycles. The molecular weight excluding hydrogens is 276 g/mol. The van der Waals surface area contributed by atoms with Gasteiger partial charge in [-0.1, -0.05) is 45.4 Å². The van der Waals surface area contributed by atoms with E-state index >= 15 is 0 Å². The van der Waals surface area contributed by atoms with Gasteiger partial charge in [-0.25, -0.2) is 4.79 Å². The predicted octanol–water partition coefficient (Wildman–Crippen LogP) is 0.704. The van der Waals surface area contributed by atoms with Gasteiger partial charge in [-0.05, 0) is 6.42 Å². The van der Waals surface area contributed by atoms with Crippen LogP contribution in [0.2, 0.25) is 0 Å².